The van der Waals surface area contributed by atoms with Crippen LogP contribution < -0.4 is 10.6 Å². The average molecular weight is 272 g/mol. The van der Waals surface area contributed by atoms with Crippen molar-refractivity contribution in [3.8, 4) is 0 Å². The lowest BCUT2D eigenvalue weighted by Gasteiger charge is -2.08. The summed E-state index contributed by atoms with van der Waals surface area (Å²) in [7, 11) is 0. The number of rotatable bonds is 7. The van der Waals surface area contributed by atoms with E-state index in [1.807, 2.05) is 12.1 Å². The number of nitrogens with zero attached hydrogens (tertiary/aromatic N) is 2. The summed E-state index contributed by atoms with van der Waals surface area (Å²) < 4.78 is 13.4. The Kier molecular flexibility index (Phi) is 5.06. The van der Waals surface area contributed by atoms with Crippen LogP contribution in [0.1, 0.15) is 5.56 Å². The molecule has 4 nitrogen and oxygen atoms in total. The quantitative estimate of drug-likeness (QED) is 0.761. The molecule has 1 heterocycles. The molecule has 104 valence electrons. The van der Waals surface area contributed by atoms with Gasteiger partial charge in [-0.25, -0.2) is 14.4 Å². The van der Waals surface area contributed by atoms with Crippen LogP contribution >= 0.6 is 0 Å². The van der Waals surface area contributed by atoms with Gasteiger partial charge in [0.25, 0.3) is 0 Å². The van der Waals surface area contributed by atoms with Gasteiger partial charge in [-0.2, -0.15) is 0 Å². The molecule has 0 bridgehead atoms. The fraction of sp³-hybridized carbons (Fsp3) is 0.200. The highest BCUT2D eigenvalue weighted by Crippen LogP contribution is 2.10. The number of hydrogen-bond donors (Lipinski definition) is 2. The summed E-state index contributed by atoms with van der Waals surface area (Å²) in [5.41, 5.74) is 0.694. The van der Waals surface area contributed by atoms with E-state index in [1.54, 1.807) is 18.2 Å². The third-order valence-corrected chi connectivity index (χ3v) is 2.75. The van der Waals surface area contributed by atoms with Crippen LogP contribution in [0.3, 0.4) is 0 Å². The normalized spacial score (nSPS) is 10.1. The van der Waals surface area contributed by atoms with Gasteiger partial charge in [0.05, 0.1) is 0 Å². The van der Waals surface area contributed by atoms with Gasteiger partial charge in [0.1, 0.15) is 23.8 Å². The molecule has 2 N–H and O–H groups in total. The van der Waals surface area contributed by atoms with E-state index in [9.17, 15) is 4.39 Å². The van der Waals surface area contributed by atoms with E-state index in [1.165, 1.54) is 12.4 Å². The first kappa shape index (κ1) is 14.0. The fourth-order valence-electron chi connectivity index (χ4n) is 1.75. The van der Waals surface area contributed by atoms with E-state index in [0.29, 0.717) is 30.9 Å². The largest absolute Gasteiger partial charge is 0.370 e. The Labute approximate surface area is 117 Å². The lowest BCUT2D eigenvalue weighted by Crippen LogP contribution is -2.08. The predicted molar refractivity (Wildman–Crippen MR) is 79.3 cm³/mol. The number of benzene rings is 1. The first-order chi connectivity index (χ1) is 9.79. The Bertz CT molecular complexity index is 571. The van der Waals surface area contributed by atoms with Crippen molar-refractivity contribution in [1.29, 1.82) is 0 Å². The summed E-state index contributed by atoms with van der Waals surface area (Å²) in [5, 5.41) is 6.24. The summed E-state index contributed by atoms with van der Waals surface area (Å²) in [6.07, 6.45) is 3.84. The van der Waals surface area contributed by atoms with Crippen molar-refractivity contribution in [3.05, 3.63) is 60.7 Å². The highest BCUT2D eigenvalue weighted by Gasteiger charge is 2.01. The van der Waals surface area contributed by atoms with Gasteiger partial charge in [-0.05, 0) is 18.1 Å². The Balaban J connectivity index is 1.88. The molecule has 0 aliphatic heterocycles. The average Bonchev–Trinajstić information content (AvgIpc) is 2.48. The van der Waals surface area contributed by atoms with Crippen LogP contribution in [-0.4, -0.2) is 23.1 Å². The number of halogens is 1. The first-order valence-electron chi connectivity index (χ1n) is 6.43. The monoisotopic (exact) mass is 272 g/mol. The molecule has 2 rings (SSSR count). The molecule has 0 unspecified atom stereocenters. The van der Waals surface area contributed by atoms with Crippen LogP contribution in [0.5, 0.6) is 0 Å². The van der Waals surface area contributed by atoms with Crippen LogP contribution in [0.2, 0.25) is 0 Å². The molecule has 0 atom stereocenters. The zero-order valence-electron chi connectivity index (χ0n) is 11.1. The highest BCUT2D eigenvalue weighted by molar-refractivity contribution is 5.46. The van der Waals surface area contributed by atoms with Gasteiger partial charge < -0.3 is 10.6 Å². The van der Waals surface area contributed by atoms with Crippen LogP contribution in [0.25, 0.3) is 0 Å². The standard InChI is InChI=1S/C15H17FN4/c1-2-8-17-14-10-15(20-11-19-14)18-9-7-12-5-3-4-6-13(12)16/h2-6,10-11H,1,7-9H2,(H2,17,18,19,20). The molecule has 0 aliphatic carbocycles. The van der Waals surface area contributed by atoms with Crippen molar-refractivity contribution in [3.63, 3.8) is 0 Å². The number of nitrogens with one attached hydrogen (secondary N) is 2. The summed E-state index contributed by atoms with van der Waals surface area (Å²) in [6, 6.07) is 8.59. The number of aromatic nitrogens is 2. The van der Waals surface area contributed by atoms with Gasteiger partial charge in [0.15, 0.2) is 0 Å². The van der Waals surface area contributed by atoms with Crippen LogP contribution in [-0.2, 0) is 6.42 Å². The lowest BCUT2D eigenvalue weighted by atomic mass is 10.1. The minimum Gasteiger partial charge on any atom is -0.370 e. The SMILES string of the molecule is C=CCNc1cc(NCCc2ccccc2F)ncn1. The van der Waals surface area contributed by atoms with Crippen molar-refractivity contribution >= 4 is 11.6 Å². The molecule has 0 aliphatic rings. The van der Waals surface area contributed by atoms with Crippen molar-refractivity contribution < 1.29 is 4.39 Å². The van der Waals surface area contributed by atoms with Gasteiger partial charge in [0.2, 0.25) is 0 Å². The molecule has 20 heavy (non-hydrogen) atoms. The van der Waals surface area contributed by atoms with E-state index in [2.05, 4.69) is 27.2 Å². The molecule has 0 saturated heterocycles. The zero-order valence-corrected chi connectivity index (χ0v) is 11.1. The maximum Gasteiger partial charge on any atom is 0.131 e. The van der Waals surface area contributed by atoms with Crippen molar-refractivity contribution in [2.24, 2.45) is 0 Å². The predicted octanol–water partition coefficient (Wildman–Crippen LogP) is 2.87. The van der Waals surface area contributed by atoms with Gasteiger partial charge in [-0.3, -0.25) is 0 Å². The van der Waals surface area contributed by atoms with Crippen molar-refractivity contribution in [2.45, 2.75) is 6.42 Å². The molecule has 1 aromatic heterocycles. The maximum absolute atomic E-state index is 13.4. The molecule has 0 fully saturated rings. The molecule has 5 heteroatoms. The van der Waals surface area contributed by atoms with Gasteiger partial charge in [-0.1, -0.05) is 24.3 Å². The molecule has 0 radical (unpaired) electrons. The third kappa shape index (κ3) is 4.05. The minimum atomic E-state index is -0.176. The smallest absolute Gasteiger partial charge is 0.131 e. The molecule has 0 spiro atoms. The second-order valence-electron chi connectivity index (χ2n) is 4.23. The number of anilines is 2. The van der Waals surface area contributed by atoms with Gasteiger partial charge >= 0.3 is 0 Å². The topological polar surface area (TPSA) is 49.8 Å². The Morgan fingerprint density at radius 3 is 2.65 bits per heavy atom. The van der Waals surface area contributed by atoms with Crippen molar-refractivity contribution in [1.82, 2.24) is 9.97 Å². The van der Waals surface area contributed by atoms with Gasteiger partial charge in [0, 0.05) is 19.2 Å². The summed E-state index contributed by atoms with van der Waals surface area (Å²) in [4.78, 5) is 8.21. The molecule has 0 saturated carbocycles. The van der Waals surface area contributed by atoms with E-state index >= 15 is 0 Å². The molecule has 1 aromatic carbocycles. The van der Waals surface area contributed by atoms with E-state index in [0.717, 1.165) is 5.82 Å². The fourth-order valence-corrected chi connectivity index (χ4v) is 1.75. The lowest BCUT2D eigenvalue weighted by molar-refractivity contribution is 0.610. The molecule has 0 amide bonds. The minimum absolute atomic E-state index is 0.176. The van der Waals surface area contributed by atoms with Crippen molar-refractivity contribution in [2.75, 3.05) is 23.7 Å². The van der Waals surface area contributed by atoms with Crippen LogP contribution in [0, 0.1) is 5.82 Å². The number of hydrogen-bond acceptors (Lipinski definition) is 4. The Morgan fingerprint density at radius 1 is 1.15 bits per heavy atom. The van der Waals surface area contributed by atoms with Gasteiger partial charge in [-0.15, -0.1) is 6.58 Å². The maximum atomic E-state index is 13.4. The van der Waals surface area contributed by atoms with Crippen LogP contribution in [0.4, 0.5) is 16.0 Å². The summed E-state index contributed by atoms with van der Waals surface area (Å²) in [5.74, 6) is 1.27. The second kappa shape index (κ2) is 7.23. The third-order valence-electron chi connectivity index (χ3n) is 2.75. The first-order valence-corrected chi connectivity index (χ1v) is 6.43. The zero-order chi connectivity index (χ0) is 14.2. The Hall–Kier alpha value is -2.43. The van der Waals surface area contributed by atoms with E-state index in [-0.39, 0.29) is 5.82 Å². The van der Waals surface area contributed by atoms with Crippen LogP contribution in [0.15, 0.2) is 49.3 Å². The second-order valence-corrected chi connectivity index (χ2v) is 4.23. The summed E-state index contributed by atoms with van der Waals surface area (Å²) >= 11 is 0. The molecular weight excluding hydrogens is 255 g/mol. The Morgan fingerprint density at radius 2 is 1.90 bits per heavy atom. The van der Waals surface area contributed by atoms with E-state index in [4.69, 9.17) is 0 Å². The van der Waals surface area contributed by atoms with E-state index < -0.39 is 0 Å². The molecule has 2 aromatic rings. The summed E-state index contributed by atoms with van der Waals surface area (Å²) in [6.45, 7) is 4.89. The molecular formula is C15H17FN4. The highest BCUT2D eigenvalue weighted by atomic mass is 19.1.